The van der Waals surface area contributed by atoms with Gasteiger partial charge in [0.15, 0.2) is 6.79 Å². The van der Waals surface area contributed by atoms with Gasteiger partial charge >= 0.3 is 6.09 Å². The average molecular weight is 370 g/mol. The number of pyridine rings is 2. The van der Waals surface area contributed by atoms with E-state index < -0.39 is 12.9 Å². The second-order valence-electron chi connectivity index (χ2n) is 7.46. The maximum atomic E-state index is 12.4. The van der Waals surface area contributed by atoms with Gasteiger partial charge in [0.05, 0.1) is 23.5 Å². The summed E-state index contributed by atoms with van der Waals surface area (Å²) in [7, 11) is 0. The van der Waals surface area contributed by atoms with Gasteiger partial charge in [-0.2, -0.15) is 0 Å². The number of nitrogens with zero attached hydrogens (tertiary/aromatic N) is 4. The van der Waals surface area contributed by atoms with Crippen LogP contribution in [-0.4, -0.2) is 64.1 Å². The highest BCUT2D eigenvalue weighted by molar-refractivity contribution is 5.99. The third-order valence-electron chi connectivity index (χ3n) is 6.22. The van der Waals surface area contributed by atoms with Gasteiger partial charge in [-0.1, -0.05) is 0 Å². The van der Waals surface area contributed by atoms with Crippen LogP contribution < -0.4 is 9.64 Å². The summed E-state index contributed by atoms with van der Waals surface area (Å²) in [5.74, 6) is 1.50. The van der Waals surface area contributed by atoms with E-state index in [-0.39, 0.29) is 18.1 Å². The lowest BCUT2D eigenvalue weighted by molar-refractivity contribution is 0.00545. The number of hydrogen-bond donors (Lipinski definition) is 1. The van der Waals surface area contributed by atoms with Crippen molar-refractivity contribution in [2.24, 2.45) is 0 Å². The summed E-state index contributed by atoms with van der Waals surface area (Å²) in [6.07, 6.45) is 3.11. The average Bonchev–Trinajstić information content (AvgIpc) is 2.90. The van der Waals surface area contributed by atoms with E-state index in [4.69, 9.17) is 19.6 Å². The summed E-state index contributed by atoms with van der Waals surface area (Å²) in [5, 5.41) is 11.1. The number of ether oxygens (including phenoxy) is 2. The predicted molar refractivity (Wildman–Crippen MR) is 97.9 cm³/mol. The van der Waals surface area contributed by atoms with Crippen molar-refractivity contribution < 1.29 is 19.4 Å². The molecule has 2 aromatic heterocycles. The van der Waals surface area contributed by atoms with Crippen molar-refractivity contribution in [1.82, 2.24) is 14.9 Å². The molecule has 0 radical (unpaired) electrons. The lowest BCUT2D eigenvalue weighted by Crippen LogP contribution is -2.63. The number of carbonyl (C=O) groups excluding carboxylic acids is 1. The molecule has 3 unspecified atom stereocenters. The first-order valence-corrected chi connectivity index (χ1v) is 9.31. The van der Waals surface area contributed by atoms with E-state index >= 15 is 0 Å². The maximum Gasteiger partial charge on any atom is 0.412 e. The quantitative estimate of drug-likeness (QED) is 0.765. The third kappa shape index (κ3) is 2.29. The van der Waals surface area contributed by atoms with E-state index in [1.165, 1.54) is 0 Å². The van der Waals surface area contributed by atoms with E-state index in [9.17, 15) is 4.79 Å². The molecule has 0 spiro atoms. The summed E-state index contributed by atoms with van der Waals surface area (Å²) in [6, 6.07) is 2.00. The van der Waals surface area contributed by atoms with E-state index in [0.717, 1.165) is 40.7 Å². The van der Waals surface area contributed by atoms with Crippen LogP contribution in [0, 0.1) is 13.8 Å². The molecule has 3 atom stereocenters. The van der Waals surface area contributed by atoms with Crippen LogP contribution in [0.4, 0.5) is 10.6 Å². The van der Waals surface area contributed by atoms with Crippen LogP contribution in [0.1, 0.15) is 24.1 Å². The molecule has 2 fully saturated rings. The molecule has 5 heterocycles. The summed E-state index contributed by atoms with van der Waals surface area (Å²) < 4.78 is 11.0. The van der Waals surface area contributed by atoms with Gasteiger partial charge in [-0.05, 0) is 43.7 Å². The van der Waals surface area contributed by atoms with Crippen LogP contribution in [0.5, 0.6) is 5.88 Å². The summed E-state index contributed by atoms with van der Waals surface area (Å²) in [4.78, 5) is 25.8. The molecule has 2 aromatic rings. The highest BCUT2D eigenvalue weighted by Crippen LogP contribution is 2.43. The van der Waals surface area contributed by atoms with Gasteiger partial charge in [-0.3, -0.25) is 4.90 Å². The highest BCUT2D eigenvalue weighted by atomic mass is 16.6. The van der Waals surface area contributed by atoms with Crippen molar-refractivity contribution in [1.29, 1.82) is 0 Å². The zero-order valence-electron chi connectivity index (χ0n) is 15.4. The number of hydrogen-bond acceptors (Lipinski definition) is 7. The molecule has 5 rings (SSSR count). The van der Waals surface area contributed by atoms with Crippen LogP contribution >= 0.6 is 0 Å². The topological polar surface area (TPSA) is 88.0 Å². The first-order valence-electron chi connectivity index (χ1n) is 9.31. The molecule has 1 amide bonds. The fourth-order valence-corrected chi connectivity index (χ4v) is 4.84. The Morgan fingerprint density at radius 2 is 2.22 bits per heavy atom. The van der Waals surface area contributed by atoms with Gasteiger partial charge in [0.2, 0.25) is 5.88 Å². The van der Waals surface area contributed by atoms with Gasteiger partial charge in [-0.15, -0.1) is 0 Å². The molecule has 1 N–H and O–H groups in total. The maximum absolute atomic E-state index is 12.4. The minimum Gasteiger partial charge on any atom is -0.475 e. The highest BCUT2D eigenvalue weighted by Gasteiger charge is 2.51. The molecule has 0 aromatic carbocycles. The molecular weight excluding hydrogens is 348 g/mol. The van der Waals surface area contributed by atoms with Gasteiger partial charge in [0.1, 0.15) is 12.4 Å². The number of piperazine rings is 1. The number of fused-ring (bicyclic) bond motifs is 5. The number of amides is 1. The lowest BCUT2D eigenvalue weighted by atomic mass is 10.0. The second kappa shape index (κ2) is 5.95. The Bertz CT molecular complexity index is 934. The molecule has 3 aliphatic heterocycles. The third-order valence-corrected chi connectivity index (χ3v) is 6.22. The number of aliphatic hydroxyl groups is 1. The number of aromatic nitrogens is 2. The number of anilines is 1. The van der Waals surface area contributed by atoms with Gasteiger partial charge in [-0.25, -0.2) is 14.8 Å². The number of rotatable bonds is 1. The van der Waals surface area contributed by atoms with Gasteiger partial charge in [0.25, 0.3) is 0 Å². The summed E-state index contributed by atoms with van der Waals surface area (Å²) in [5.41, 5.74) is 2.12. The normalized spacial score (nSPS) is 25.8. The van der Waals surface area contributed by atoms with Crippen LogP contribution in [0.25, 0.3) is 10.8 Å². The zero-order valence-corrected chi connectivity index (χ0v) is 15.4. The Hall–Kier alpha value is -2.61. The van der Waals surface area contributed by atoms with Crippen LogP contribution in [0.15, 0.2) is 12.3 Å². The standard InChI is InChI=1S/C19H22N4O4/c1-10-11(2)21-17-16-13(10)5-6-20-18(16)26-8-15-14-4-3-12(7-22(15)17)23(14)19(25)27-9-24/h5-6,12,14-15,24H,3-4,7-9H2,1-2H3. The van der Waals surface area contributed by atoms with Crippen molar-refractivity contribution in [3.05, 3.63) is 23.5 Å². The number of aryl methyl sites for hydroxylation is 2. The smallest absolute Gasteiger partial charge is 0.412 e. The molecule has 2 bridgehead atoms. The van der Waals surface area contributed by atoms with Crippen LogP contribution in [0.2, 0.25) is 0 Å². The summed E-state index contributed by atoms with van der Waals surface area (Å²) >= 11 is 0. The molecule has 3 aliphatic rings. The van der Waals surface area contributed by atoms with Crippen molar-refractivity contribution in [3.8, 4) is 5.88 Å². The summed E-state index contributed by atoms with van der Waals surface area (Å²) in [6.45, 7) is 4.59. The Morgan fingerprint density at radius 1 is 1.37 bits per heavy atom. The molecule has 0 saturated carbocycles. The first-order chi connectivity index (χ1) is 13.1. The zero-order chi connectivity index (χ0) is 18.7. The van der Waals surface area contributed by atoms with Crippen molar-refractivity contribution in [2.45, 2.75) is 44.8 Å². The Morgan fingerprint density at radius 3 is 3.04 bits per heavy atom. The van der Waals surface area contributed by atoms with Crippen LogP contribution in [0.3, 0.4) is 0 Å². The van der Waals surface area contributed by atoms with E-state index in [1.807, 2.05) is 13.0 Å². The van der Waals surface area contributed by atoms with E-state index in [2.05, 4.69) is 16.8 Å². The fourth-order valence-electron chi connectivity index (χ4n) is 4.84. The SMILES string of the molecule is Cc1nc2c3c(nccc3c1C)OCC1C3CCC(CN21)N3C(=O)OCO. The number of carbonyl (C=O) groups is 1. The number of aliphatic hydroxyl groups excluding tert-OH is 1. The second-order valence-corrected chi connectivity index (χ2v) is 7.46. The predicted octanol–water partition coefficient (Wildman–Crippen LogP) is 1.75. The molecular formula is C19H22N4O4. The monoisotopic (exact) mass is 370 g/mol. The van der Waals surface area contributed by atoms with Crippen molar-refractivity contribution in [2.75, 3.05) is 24.8 Å². The van der Waals surface area contributed by atoms with Gasteiger partial charge in [0, 0.05) is 18.4 Å². The van der Waals surface area contributed by atoms with Crippen molar-refractivity contribution in [3.63, 3.8) is 0 Å². The lowest BCUT2D eigenvalue weighted by Gasteiger charge is -2.45. The first kappa shape index (κ1) is 16.6. The molecule has 8 heteroatoms. The Kier molecular flexibility index (Phi) is 3.65. The minimum absolute atomic E-state index is 0.0259. The van der Waals surface area contributed by atoms with Crippen LogP contribution in [-0.2, 0) is 4.74 Å². The van der Waals surface area contributed by atoms with Crippen molar-refractivity contribution >= 4 is 22.7 Å². The Balaban J connectivity index is 1.63. The molecule has 0 aliphatic carbocycles. The van der Waals surface area contributed by atoms with E-state index in [0.29, 0.717) is 19.0 Å². The van der Waals surface area contributed by atoms with Gasteiger partial charge < -0.3 is 19.5 Å². The fraction of sp³-hybridized carbons (Fsp3) is 0.526. The molecule has 142 valence electrons. The van der Waals surface area contributed by atoms with E-state index in [1.54, 1.807) is 11.1 Å². The Labute approximate surface area is 156 Å². The molecule has 2 saturated heterocycles. The molecule has 27 heavy (non-hydrogen) atoms. The largest absolute Gasteiger partial charge is 0.475 e. The molecule has 8 nitrogen and oxygen atoms in total. The minimum atomic E-state index is -0.603.